The normalized spacial score (nSPS) is 12.0. The van der Waals surface area contributed by atoms with Crippen LogP contribution in [-0.4, -0.2) is 31.8 Å². The highest BCUT2D eigenvalue weighted by molar-refractivity contribution is 7.89. The van der Waals surface area contributed by atoms with Crippen LogP contribution >= 0.6 is 11.3 Å². The van der Waals surface area contributed by atoms with E-state index in [1.807, 2.05) is 18.4 Å². The molecule has 0 atom stereocenters. The Morgan fingerprint density at radius 2 is 2.00 bits per heavy atom. The molecule has 1 aromatic heterocycles. The summed E-state index contributed by atoms with van der Waals surface area (Å²) in [6, 6.07) is 6.85. The molecule has 0 aliphatic carbocycles. The first-order chi connectivity index (χ1) is 8.41. The van der Waals surface area contributed by atoms with Crippen LogP contribution in [0.5, 0.6) is 0 Å². The van der Waals surface area contributed by atoms with Crippen molar-refractivity contribution in [1.82, 2.24) is 9.29 Å². The number of hydrogen-bond donors (Lipinski definition) is 0. The topological polar surface area (TPSA) is 50.3 Å². The second-order valence-electron chi connectivity index (χ2n) is 4.07. The summed E-state index contributed by atoms with van der Waals surface area (Å²) in [5.74, 6) is 0. The minimum absolute atomic E-state index is 0.288. The fourth-order valence-electron chi connectivity index (χ4n) is 1.52. The van der Waals surface area contributed by atoms with Gasteiger partial charge in [-0.15, -0.1) is 11.3 Å². The predicted octanol–water partition coefficient (Wildman–Crippen LogP) is 2.37. The fraction of sp³-hybridized carbons (Fsp3) is 0.250. The zero-order valence-corrected chi connectivity index (χ0v) is 12.0. The molecule has 0 saturated carbocycles. The predicted molar refractivity (Wildman–Crippen MR) is 73.2 cm³/mol. The van der Waals surface area contributed by atoms with Gasteiger partial charge in [0.1, 0.15) is 0 Å². The summed E-state index contributed by atoms with van der Waals surface area (Å²) in [7, 11) is -0.346. The van der Waals surface area contributed by atoms with E-state index < -0.39 is 10.0 Å². The summed E-state index contributed by atoms with van der Waals surface area (Å²) in [4.78, 5) is 4.65. The van der Waals surface area contributed by atoms with Crippen LogP contribution in [0.4, 0.5) is 0 Å². The fourth-order valence-corrected chi connectivity index (χ4v) is 3.09. The van der Waals surface area contributed by atoms with Crippen molar-refractivity contribution in [3.63, 3.8) is 0 Å². The van der Waals surface area contributed by atoms with Gasteiger partial charge in [-0.2, -0.15) is 0 Å². The van der Waals surface area contributed by atoms with Gasteiger partial charge in [-0.25, -0.2) is 17.7 Å². The lowest BCUT2D eigenvalue weighted by atomic mass is 10.2. The van der Waals surface area contributed by atoms with Crippen LogP contribution in [0.1, 0.15) is 5.01 Å². The molecule has 0 bridgehead atoms. The lowest BCUT2D eigenvalue weighted by Crippen LogP contribution is -2.22. The van der Waals surface area contributed by atoms with Crippen LogP contribution in [0, 0.1) is 6.92 Å². The number of aromatic nitrogens is 1. The molecule has 96 valence electrons. The van der Waals surface area contributed by atoms with Crippen molar-refractivity contribution >= 4 is 21.4 Å². The van der Waals surface area contributed by atoms with Crippen LogP contribution in [0.3, 0.4) is 0 Å². The number of sulfonamides is 1. The van der Waals surface area contributed by atoms with Crippen molar-refractivity contribution in [2.24, 2.45) is 0 Å². The number of thiazole rings is 1. The first-order valence-electron chi connectivity index (χ1n) is 5.36. The van der Waals surface area contributed by atoms with E-state index in [0.717, 1.165) is 16.3 Å². The minimum Gasteiger partial charge on any atom is -0.242 e. The maximum absolute atomic E-state index is 12.0. The van der Waals surface area contributed by atoms with Crippen molar-refractivity contribution in [1.29, 1.82) is 0 Å². The molecule has 0 aliphatic heterocycles. The van der Waals surface area contributed by atoms with Crippen LogP contribution < -0.4 is 0 Å². The van der Waals surface area contributed by atoms with Gasteiger partial charge in [0.05, 0.1) is 15.6 Å². The summed E-state index contributed by atoms with van der Waals surface area (Å²) < 4.78 is 25.3. The molecule has 0 N–H and O–H groups in total. The molecule has 4 nitrogen and oxygen atoms in total. The number of benzene rings is 1. The Kier molecular flexibility index (Phi) is 3.52. The van der Waals surface area contributed by atoms with E-state index in [-0.39, 0.29) is 4.90 Å². The first-order valence-corrected chi connectivity index (χ1v) is 7.68. The second kappa shape index (κ2) is 4.79. The van der Waals surface area contributed by atoms with Gasteiger partial charge in [-0.1, -0.05) is 12.1 Å². The third-order valence-corrected chi connectivity index (χ3v) is 5.11. The highest BCUT2D eigenvalue weighted by Crippen LogP contribution is 2.24. The molecule has 0 fully saturated rings. The van der Waals surface area contributed by atoms with Crippen LogP contribution in [0.2, 0.25) is 0 Å². The Morgan fingerprint density at radius 1 is 1.28 bits per heavy atom. The Morgan fingerprint density at radius 3 is 2.56 bits per heavy atom. The molecule has 1 heterocycles. The van der Waals surface area contributed by atoms with Gasteiger partial charge in [-0.3, -0.25) is 0 Å². The SMILES string of the molecule is Cc1nc(-c2cccc(S(=O)(=O)N(C)C)c2)cs1. The number of hydrogen-bond acceptors (Lipinski definition) is 4. The van der Waals surface area contributed by atoms with Crippen LogP contribution in [-0.2, 0) is 10.0 Å². The molecular formula is C12H14N2O2S2. The van der Waals surface area contributed by atoms with Crippen molar-refractivity contribution in [2.75, 3.05) is 14.1 Å². The minimum atomic E-state index is -3.39. The van der Waals surface area contributed by atoms with Crippen LogP contribution in [0.25, 0.3) is 11.3 Å². The summed E-state index contributed by atoms with van der Waals surface area (Å²) in [6.45, 7) is 1.93. The Balaban J connectivity index is 2.49. The van der Waals surface area contributed by atoms with Gasteiger partial charge in [-0.05, 0) is 19.1 Å². The summed E-state index contributed by atoms with van der Waals surface area (Å²) >= 11 is 1.55. The molecule has 0 amide bonds. The average Bonchev–Trinajstić information content (AvgIpc) is 2.76. The average molecular weight is 282 g/mol. The van der Waals surface area contributed by atoms with Crippen molar-refractivity contribution in [2.45, 2.75) is 11.8 Å². The molecule has 1 aromatic carbocycles. The number of rotatable bonds is 3. The van der Waals surface area contributed by atoms with E-state index in [9.17, 15) is 8.42 Å². The van der Waals surface area contributed by atoms with E-state index in [1.54, 1.807) is 29.5 Å². The van der Waals surface area contributed by atoms with Gasteiger partial charge in [0.25, 0.3) is 0 Å². The lowest BCUT2D eigenvalue weighted by Gasteiger charge is -2.11. The van der Waals surface area contributed by atoms with E-state index in [1.165, 1.54) is 18.4 Å². The summed E-state index contributed by atoms with van der Waals surface area (Å²) in [5.41, 5.74) is 1.63. The zero-order valence-electron chi connectivity index (χ0n) is 10.4. The van der Waals surface area contributed by atoms with Gasteiger partial charge in [0.15, 0.2) is 0 Å². The molecule has 0 aliphatic rings. The van der Waals surface area contributed by atoms with Gasteiger partial charge < -0.3 is 0 Å². The molecule has 0 saturated heterocycles. The van der Waals surface area contributed by atoms with Crippen molar-refractivity contribution in [3.05, 3.63) is 34.7 Å². The highest BCUT2D eigenvalue weighted by atomic mass is 32.2. The van der Waals surface area contributed by atoms with E-state index in [4.69, 9.17) is 0 Å². The third kappa shape index (κ3) is 2.45. The molecule has 0 unspecified atom stereocenters. The van der Waals surface area contributed by atoms with E-state index >= 15 is 0 Å². The van der Waals surface area contributed by atoms with E-state index in [0.29, 0.717) is 0 Å². The van der Waals surface area contributed by atoms with Gasteiger partial charge in [0, 0.05) is 25.0 Å². The Hall–Kier alpha value is -1.24. The lowest BCUT2D eigenvalue weighted by molar-refractivity contribution is 0.521. The number of aryl methyl sites for hydroxylation is 1. The molecule has 6 heteroatoms. The quantitative estimate of drug-likeness (QED) is 0.868. The third-order valence-electron chi connectivity index (χ3n) is 2.53. The van der Waals surface area contributed by atoms with Gasteiger partial charge in [0.2, 0.25) is 10.0 Å². The highest BCUT2D eigenvalue weighted by Gasteiger charge is 2.17. The van der Waals surface area contributed by atoms with Crippen molar-refractivity contribution < 1.29 is 8.42 Å². The van der Waals surface area contributed by atoms with E-state index in [2.05, 4.69) is 4.98 Å². The molecule has 2 aromatic rings. The second-order valence-corrected chi connectivity index (χ2v) is 7.28. The monoisotopic (exact) mass is 282 g/mol. The largest absolute Gasteiger partial charge is 0.242 e. The molecule has 2 rings (SSSR count). The maximum atomic E-state index is 12.0. The molecule has 0 spiro atoms. The Bertz CT molecular complexity index is 660. The summed E-state index contributed by atoms with van der Waals surface area (Å²) in [6.07, 6.45) is 0. The Labute approximate surface area is 111 Å². The summed E-state index contributed by atoms with van der Waals surface area (Å²) in [5, 5.41) is 2.89. The standard InChI is InChI=1S/C12H14N2O2S2/c1-9-13-12(8-17-9)10-5-4-6-11(7-10)18(15,16)14(2)3/h4-8H,1-3H3. The van der Waals surface area contributed by atoms with Crippen molar-refractivity contribution in [3.8, 4) is 11.3 Å². The molecular weight excluding hydrogens is 268 g/mol. The van der Waals surface area contributed by atoms with Crippen LogP contribution in [0.15, 0.2) is 34.5 Å². The maximum Gasteiger partial charge on any atom is 0.242 e. The smallest absolute Gasteiger partial charge is 0.242 e. The molecule has 0 radical (unpaired) electrons. The van der Waals surface area contributed by atoms with Gasteiger partial charge >= 0.3 is 0 Å². The first kappa shape index (κ1) is 13.2. The number of nitrogens with zero attached hydrogens (tertiary/aromatic N) is 2. The molecule has 18 heavy (non-hydrogen) atoms. The zero-order chi connectivity index (χ0) is 13.3.